The summed E-state index contributed by atoms with van der Waals surface area (Å²) in [6.07, 6.45) is -1.35. The number of anilines is 2. The minimum Gasteiger partial charge on any atom is -0.377 e. The third-order valence-corrected chi connectivity index (χ3v) is 11.0. The first kappa shape index (κ1) is 29.0. The van der Waals surface area contributed by atoms with E-state index in [1.807, 2.05) is 19.1 Å². The Labute approximate surface area is 245 Å². The van der Waals surface area contributed by atoms with E-state index in [9.17, 15) is 26.4 Å². The number of carbonyl (C=O) groups is 1. The SMILES string of the molecule is CCc1cc(C2CCNCC2)ccc1Nc1ncc(C(F)(F)F)c(-c2cc3c(s2)C(=O)N(C2COC2)CCS3(=O)=O)n1. The lowest BCUT2D eigenvalue weighted by Crippen LogP contribution is -2.52. The van der Waals surface area contributed by atoms with E-state index in [-0.39, 0.29) is 52.2 Å². The molecule has 6 rings (SSSR count). The van der Waals surface area contributed by atoms with Crippen LogP contribution in [0.3, 0.4) is 0 Å². The number of hydrogen-bond donors (Lipinski definition) is 2. The highest BCUT2D eigenvalue weighted by atomic mass is 32.2. The summed E-state index contributed by atoms with van der Waals surface area (Å²) < 4.78 is 73.7. The van der Waals surface area contributed by atoms with Gasteiger partial charge in [0.05, 0.1) is 40.5 Å². The molecule has 2 saturated heterocycles. The average molecular weight is 622 g/mol. The Hall–Kier alpha value is -3.07. The predicted octanol–water partition coefficient (Wildman–Crippen LogP) is 4.63. The first-order chi connectivity index (χ1) is 20.0. The van der Waals surface area contributed by atoms with Crippen molar-refractivity contribution in [1.29, 1.82) is 0 Å². The van der Waals surface area contributed by atoms with Gasteiger partial charge in [0.2, 0.25) is 5.95 Å². The van der Waals surface area contributed by atoms with Gasteiger partial charge in [-0.2, -0.15) is 13.2 Å². The maximum absolute atomic E-state index is 14.1. The van der Waals surface area contributed by atoms with Crippen LogP contribution in [-0.2, 0) is 27.2 Å². The van der Waals surface area contributed by atoms with E-state index in [4.69, 9.17) is 4.74 Å². The number of hydrogen-bond acceptors (Lipinski definition) is 9. The normalized spacial score (nSPS) is 19.7. The molecule has 3 aliphatic heterocycles. The Kier molecular flexibility index (Phi) is 7.75. The molecular weight excluding hydrogens is 591 g/mol. The van der Waals surface area contributed by atoms with Crippen molar-refractivity contribution in [3.63, 3.8) is 0 Å². The standard InChI is InChI=1S/C28H30F3N5O4S2/c1-2-16-11-18(17-5-7-32-8-6-17)3-4-21(16)34-27-33-13-20(28(29,30)31)24(35-27)22-12-23-25(41-22)26(37)36(19-14-40-15-19)9-10-42(23,38)39/h3-4,11-13,17,19,32H,2,5-10,14-15H2,1H3,(H,33,34,35). The lowest BCUT2D eigenvalue weighted by atomic mass is 9.88. The summed E-state index contributed by atoms with van der Waals surface area (Å²) in [7, 11) is -3.92. The minimum absolute atomic E-state index is 0.00249. The van der Waals surface area contributed by atoms with E-state index in [0.717, 1.165) is 37.6 Å². The van der Waals surface area contributed by atoms with Gasteiger partial charge in [0.1, 0.15) is 10.4 Å². The average Bonchev–Trinajstić information content (AvgIpc) is 3.37. The summed E-state index contributed by atoms with van der Waals surface area (Å²) in [4.78, 5) is 22.5. The first-order valence-corrected chi connectivity index (χ1v) is 16.3. The summed E-state index contributed by atoms with van der Waals surface area (Å²) >= 11 is 0.704. The van der Waals surface area contributed by atoms with Gasteiger partial charge in [0.25, 0.3) is 5.91 Å². The number of fused-ring (bicyclic) bond motifs is 1. The monoisotopic (exact) mass is 621 g/mol. The second kappa shape index (κ2) is 11.2. The minimum atomic E-state index is -4.81. The van der Waals surface area contributed by atoms with Crippen molar-refractivity contribution >= 4 is 38.7 Å². The molecule has 0 unspecified atom stereocenters. The number of halogens is 3. The smallest absolute Gasteiger partial charge is 0.377 e. The molecule has 2 fully saturated rings. The van der Waals surface area contributed by atoms with Crippen molar-refractivity contribution in [3.05, 3.63) is 52.0 Å². The van der Waals surface area contributed by atoms with E-state index in [1.165, 1.54) is 10.5 Å². The number of sulfone groups is 1. The number of rotatable bonds is 6. The number of ether oxygens (including phenoxy) is 1. The van der Waals surface area contributed by atoms with Crippen molar-refractivity contribution in [3.8, 4) is 10.6 Å². The zero-order valence-corrected chi connectivity index (χ0v) is 24.5. The molecular formula is C28H30F3N5O4S2. The Morgan fingerprint density at radius 1 is 1.19 bits per heavy atom. The molecule has 0 aliphatic carbocycles. The number of carbonyl (C=O) groups excluding carboxylic acids is 1. The third-order valence-electron chi connectivity index (χ3n) is 8.05. The van der Waals surface area contributed by atoms with Crippen molar-refractivity contribution < 1.29 is 31.1 Å². The van der Waals surface area contributed by atoms with Gasteiger partial charge in [-0.1, -0.05) is 19.1 Å². The van der Waals surface area contributed by atoms with Crippen LogP contribution in [0.1, 0.15) is 52.0 Å². The molecule has 3 aliphatic rings. The van der Waals surface area contributed by atoms with Crippen LogP contribution in [0.15, 0.2) is 35.4 Å². The summed E-state index contributed by atoms with van der Waals surface area (Å²) in [6.45, 7) is 4.49. The number of amides is 1. The number of nitrogens with zero attached hydrogens (tertiary/aromatic N) is 3. The summed E-state index contributed by atoms with van der Waals surface area (Å²) in [6, 6.07) is 6.91. The first-order valence-electron chi connectivity index (χ1n) is 13.9. The Balaban J connectivity index is 1.37. The van der Waals surface area contributed by atoms with Gasteiger partial charge in [-0.25, -0.2) is 18.4 Å². The van der Waals surface area contributed by atoms with Crippen LogP contribution in [0.5, 0.6) is 0 Å². The lowest BCUT2D eigenvalue weighted by molar-refractivity contribution is -0.137. The summed E-state index contributed by atoms with van der Waals surface area (Å²) in [5.74, 6) is -0.472. The number of benzene rings is 1. The molecule has 1 amide bonds. The van der Waals surface area contributed by atoms with Crippen molar-refractivity contribution in [2.24, 2.45) is 0 Å². The topological polar surface area (TPSA) is 114 Å². The van der Waals surface area contributed by atoms with Crippen molar-refractivity contribution in [2.75, 3.05) is 43.9 Å². The quantitative estimate of drug-likeness (QED) is 0.410. The molecule has 0 bridgehead atoms. The van der Waals surface area contributed by atoms with Gasteiger partial charge in [0, 0.05) is 18.4 Å². The summed E-state index contributed by atoms with van der Waals surface area (Å²) in [5.41, 5.74) is 1.29. The van der Waals surface area contributed by atoms with Crippen LogP contribution in [0.2, 0.25) is 0 Å². The van der Waals surface area contributed by atoms with E-state index in [2.05, 4.69) is 26.7 Å². The second-order valence-corrected chi connectivity index (χ2v) is 13.8. The fraction of sp³-hybridized carbons (Fsp3) is 0.464. The van der Waals surface area contributed by atoms with Gasteiger partial charge < -0.3 is 20.3 Å². The molecule has 0 spiro atoms. The van der Waals surface area contributed by atoms with Crippen LogP contribution in [0.4, 0.5) is 24.8 Å². The van der Waals surface area contributed by atoms with Crippen molar-refractivity contribution in [1.82, 2.24) is 20.2 Å². The number of thiophene rings is 1. The highest BCUT2D eigenvalue weighted by Crippen LogP contribution is 2.42. The largest absolute Gasteiger partial charge is 0.420 e. The molecule has 14 heteroatoms. The van der Waals surface area contributed by atoms with E-state index < -0.39 is 33.2 Å². The predicted molar refractivity (Wildman–Crippen MR) is 152 cm³/mol. The number of nitrogens with one attached hydrogen (secondary N) is 2. The van der Waals surface area contributed by atoms with Gasteiger partial charge >= 0.3 is 6.18 Å². The maximum atomic E-state index is 14.1. The van der Waals surface area contributed by atoms with Crippen molar-refractivity contribution in [2.45, 2.75) is 49.2 Å². The molecule has 0 saturated carbocycles. The van der Waals surface area contributed by atoms with Gasteiger partial charge in [-0.15, -0.1) is 11.3 Å². The highest BCUT2D eigenvalue weighted by Gasteiger charge is 2.41. The summed E-state index contributed by atoms with van der Waals surface area (Å²) in [5, 5.41) is 6.43. The van der Waals surface area contributed by atoms with Gasteiger partial charge in [0.15, 0.2) is 9.84 Å². The van der Waals surface area contributed by atoms with Crippen LogP contribution in [0.25, 0.3) is 10.6 Å². The molecule has 2 aromatic heterocycles. The number of aryl methyl sites for hydroxylation is 1. The number of alkyl halides is 3. The van der Waals surface area contributed by atoms with E-state index in [0.29, 0.717) is 35.6 Å². The molecule has 2 N–H and O–H groups in total. The molecule has 5 heterocycles. The zero-order chi connectivity index (χ0) is 29.6. The van der Waals surface area contributed by atoms with Crippen LogP contribution >= 0.6 is 11.3 Å². The number of aromatic nitrogens is 2. The van der Waals surface area contributed by atoms with Crippen LogP contribution in [-0.4, -0.2) is 73.8 Å². The lowest BCUT2D eigenvalue weighted by Gasteiger charge is -2.36. The zero-order valence-electron chi connectivity index (χ0n) is 22.8. The second-order valence-electron chi connectivity index (χ2n) is 10.7. The fourth-order valence-electron chi connectivity index (χ4n) is 5.58. The molecule has 3 aromatic rings. The van der Waals surface area contributed by atoms with Crippen LogP contribution < -0.4 is 10.6 Å². The number of piperidine rings is 1. The molecule has 224 valence electrons. The molecule has 0 radical (unpaired) electrons. The highest BCUT2D eigenvalue weighted by molar-refractivity contribution is 7.91. The molecule has 9 nitrogen and oxygen atoms in total. The Morgan fingerprint density at radius 3 is 2.62 bits per heavy atom. The van der Waals surface area contributed by atoms with E-state index in [1.54, 1.807) is 0 Å². The maximum Gasteiger partial charge on any atom is 0.420 e. The van der Waals surface area contributed by atoms with Crippen LogP contribution in [0, 0.1) is 0 Å². The third kappa shape index (κ3) is 5.52. The fourth-order valence-corrected chi connectivity index (χ4v) is 8.50. The van der Waals surface area contributed by atoms with E-state index >= 15 is 0 Å². The van der Waals surface area contributed by atoms with Gasteiger partial charge in [-0.3, -0.25) is 4.79 Å². The molecule has 42 heavy (non-hydrogen) atoms. The molecule has 0 atom stereocenters. The Bertz CT molecular complexity index is 1620. The van der Waals surface area contributed by atoms with Gasteiger partial charge in [-0.05, 0) is 61.5 Å². The molecule has 1 aromatic carbocycles. The Morgan fingerprint density at radius 2 is 1.95 bits per heavy atom.